The van der Waals surface area contributed by atoms with Gasteiger partial charge in [-0.3, -0.25) is 0 Å². The third-order valence-electron chi connectivity index (χ3n) is 3.31. The van der Waals surface area contributed by atoms with Crippen LogP contribution in [0.4, 0.5) is 0 Å². The van der Waals surface area contributed by atoms with Crippen LogP contribution in [0.3, 0.4) is 0 Å². The molecule has 0 aromatic heterocycles. The van der Waals surface area contributed by atoms with Gasteiger partial charge in [0.05, 0.1) is 0 Å². The number of carbonyl (C=O) groups excluding carboxylic acids is 1. The Morgan fingerprint density at radius 3 is 1.91 bits per heavy atom. The zero-order valence-corrected chi connectivity index (χ0v) is 7.72. The molecule has 0 radical (unpaired) electrons. The first-order valence-electron chi connectivity index (χ1n) is 4.22. The Labute approximate surface area is 68.5 Å². The second-order valence-corrected chi connectivity index (χ2v) is 3.68. The molecule has 0 aromatic rings. The van der Waals surface area contributed by atoms with Gasteiger partial charge in [0, 0.05) is 5.92 Å². The fourth-order valence-corrected chi connectivity index (χ4v) is 1.95. The number of aldehydes is 1. The minimum absolute atomic E-state index is 0.185. The summed E-state index contributed by atoms with van der Waals surface area (Å²) in [5.74, 6) is 1.28. The lowest BCUT2D eigenvalue weighted by molar-refractivity contribution is -0.111. The largest absolute Gasteiger partial charge is 0.303 e. The molecule has 62 valence electrons. The third kappa shape index (κ3) is 1.13. The van der Waals surface area contributed by atoms with E-state index in [0.29, 0.717) is 11.8 Å². The SMILES string of the molecule is CC1=C(C)C(C=O)C(C)C1C. The predicted octanol–water partition coefficient (Wildman–Crippen LogP) is 2.42. The fraction of sp³-hybridized carbons (Fsp3) is 0.700. The first-order valence-corrected chi connectivity index (χ1v) is 4.22. The standard InChI is InChI=1S/C10H16O/c1-6-7(2)9(4)10(5-11)8(6)3/h5-6,8,10H,1-4H3. The molecule has 0 saturated heterocycles. The zero-order chi connectivity index (χ0) is 8.59. The maximum Gasteiger partial charge on any atom is 0.127 e. The normalized spacial score (nSPS) is 38.0. The predicted molar refractivity (Wildman–Crippen MR) is 46.3 cm³/mol. The average molecular weight is 152 g/mol. The van der Waals surface area contributed by atoms with Crippen LogP contribution in [-0.4, -0.2) is 6.29 Å². The number of hydrogen-bond donors (Lipinski definition) is 0. The molecule has 1 rings (SSSR count). The molecule has 3 atom stereocenters. The number of rotatable bonds is 1. The van der Waals surface area contributed by atoms with Gasteiger partial charge in [0.15, 0.2) is 0 Å². The van der Waals surface area contributed by atoms with Crippen molar-refractivity contribution >= 4 is 6.29 Å². The highest BCUT2D eigenvalue weighted by atomic mass is 16.1. The van der Waals surface area contributed by atoms with Gasteiger partial charge in [-0.1, -0.05) is 25.0 Å². The van der Waals surface area contributed by atoms with Crippen LogP contribution in [-0.2, 0) is 4.79 Å². The van der Waals surface area contributed by atoms with E-state index in [1.165, 1.54) is 11.1 Å². The second kappa shape index (κ2) is 2.80. The van der Waals surface area contributed by atoms with E-state index >= 15 is 0 Å². The Hall–Kier alpha value is -0.590. The maximum atomic E-state index is 10.7. The van der Waals surface area contributed by atoms with Crippen molar-refractivity contribution in [2.45, 2.75) is 27.7 Å². The topological polar surface area (TPSA) is 17.1 Å². The minimum atomic E-state index is 0.185. The van der Waals surface area contributed by atoms with E-state index < -0.39 is 0 Å². The Balaban J connectivity index is 2.94. The first kappa shape index (κ1) is 8.51. The van der Waals surface area contributed by atoms with Crippen molar-refractivity contribution in [2.24, 2.45) is 17.8 Å². The van der Waals surface area contributed by atoms with Gasteiger partial charge >= 0.3 is 0 Å². The quantitative estimate of drug-likeness (QED) is 0.416. The highest BCUT2D eigenvalue weighted by molar-refractivity contribution is 5.61. The summed E-state index contributed by atoms with van der Waals surface area (Å²) < 4.78 is 0. The summed E-state index contributed by atoms with van der Waals surface area (Å²) in [6.45, 7) is 8.57. The van der Waals surface area contributed by atoms with Gasteiger partial charge in [-0.2, -0.15) is 0 Å². The van der Waals surface area contributed by atoms with Crippen molar-refractivity contribution in [3.8, 4) is 0 Å². The lowest BCUT2D eigenvalue weighted by Gasteiger charge is -2.14. The van der Waals surface area contributed by atoms with Crippen molar-refractivity contribution in [2.75, 3.05) is 0 Å². The van der Waals surface area contributed by atoms with Gasteiger partial charge in [0.1, 0.15) is 6.29 Å². The van der Waals surface area contributed by atoms with E-state index in [9.17, 15) is 4.79 Å². The molecule has 0 N–H and O–H groups in total. The smallest absolute Gasteiger partial charge is 0.127 e. The molecule has 0 saturated carbocycles. The van der Waals surface area contributed by atoms with Gasteiger partial charge < -0.3 is 4.79 Å². The van der Waals surface area contributed by atoms with E-state index in [1.54, 1.807) is 0 Å². The average Bonchev–Trinajstić information content (AvgIpc) is 2.17. The molecule has 0 spiro atoms. The van der Waals surface area contributed by atoms with E-state index in [4.69, 9.17) is 0 Å². The Morgan fingerprint density at radius 1 is 1.18 bits per heavy atom. The molecule has 1 heteroatoms. The summed E-state index contributed by atoms with van der Waals surface area (Å²) in [5, 5.41) is 0. The van der Waals surface area contributed by atoms with E-state index in [1.807, 2.05) is 0 Å². The highest BCUT2D eigenvalue weighted by Gasteiger charge is 2.32. The molecule has 1 aliphatic carbocycles. The Morgan fingerprint density at radius 2 is 1.73 bits per heavy atom. The monoisotopic (exact) mass is 152 g/mol. The number of hydrogen-bond acceptors (Lipinski definition) is 1. The van der Waals surface area contributed by atoms with Crippen LogP contribution in [0.25, 0.3) is 0 Å². The molecular formula is C10H16O. The molecule has 0 amide bonds. The summed E-state index contributed by atoms with van der Waals surface area (Å²) in [6.07, 6.45) is 1.09. The summed E-state index contributed by atoms with van der Waals surface area (Å²) in [7, 11) is 0. The molecule has 0 bridgehead atoms. The molecule has 0 aliphatic heterocycles. The molecular weight excluding hydrogens is 136 g/mol. The van der Waals surface area contributed by atoms with E-state index in [0.717, 1.165) is 6.29 Å². The summed E-state index contributed by atoms with van der Waals surface area (Å²) in [6, 6.07) is 0. The van der Waals surface area contributed by atoms with E-state index in [2.05, 4.69) is 27.7 Å². The van der Waals surface area contributed by atoms with Crippen LogP contribution in [0.5, 0.6) is 0 Å². The Bertz CT molecular complexity index is 203. The molecule has 1 nitrogen and oxygen atoms in total. The Kier molecular flexibility index (Phi) is 2.17. The summed E-state index contributed by atoms with van der Waals surface area (Å²) in [4.78, 5) is 10.7. The number of allylic oxidation sites excluding steroid dienone is 2. The highest BCUT2D eigenvalue weighted by Crippen LogP contribution is 2.39. The molecule has 3 unspecified atom stereocenters. The van der Waals surface area contributed by atoms with Gasteiger partial charge in [0.25, 0.3) is 0 Å². The van der Waals surface area contributed by atoms with Gasteiger partial charge in [-0.05, 0) is 25.7 Å². The zero-order valence-electron chi connectivity index (χ0n) is 7.72. The summed E-state index contributed by atoms with van der Waals surface area (Å²) >= 11 is 0. The first-order chi connectivity index (χ1) is 5.09. The van der Waals surface area contributed by atoms with Crippen LogP contribution < -0.4 is 0 Å². The van der Waals surface area contributed by atoms with Crippen LogP contribution in [0.15, 0.2) is 11.1 Å². The van der Waals surface area contributed by atoms with Crippen molar-refractivity contribution in [3.05, 3.63) is 11.1 Å². The van der Waals surface area contributed by atoms with Crippen molar-refractivity contribution in [1.29, 1.82) is 0 Å². The molecule has 0 heterocycles. The number of carbonyl (C=O) groups is 1. The summed E-state index contributed by atoms with van der Waals surface area (Å²) in [5.41, 5.74) is 2.70. The van der Waals surface area contributed by atoms with Gasteiger partial charge in [0.2, 0.25) is 0 Å². The molecule has 0 fully saturated rings. The van der Waals surface area contributed by atoms with E-state index in [-0.39, 0.29) is 5.92 Å². The van der Waals surface area contributed by atoms with Crippen molar-refractivity contribution < 1.29 is 4.79 Å². The van der Waals surface area contributed by atoms with Crippen LogP contribution in [0.2, 0.25) is 0 Å². The fourth-order valence-electron chi connectivity index (χ4n) is 1.95. The van der Waals surface area contributed by atoms with Gasteiger partial charge in [-0.25, -0.2) is 0 Å². The van der Waals surface area contributed by atoms with Crippen LogP contribution >= 0.6 is 0 Å². The lowest BCUT2D eigenvalue weighted by Crippen LogP contribution is -2.12. The maximum absolute atomic E-state index is 10.7. The molecule has 0 aromatic carbocycles. The molecule has 1 aliphatic rings. The lowest BCUT2D eigenvalue weighted by atomic mass is 9.89. The molecule has 11 heavy (non-hydrogen) atoms. The van der Waals surface area contributed by atoms with Crippen LogP contribution in [0, 0.1) is 17.8 Å². The second-order valence-electron chi connectivity index (χ2n) is 3.68. The van der Waals surface area contributed by atoms with Crippen molar-refractivity contribution in [1.82, 2.24) is 0 Å². The minimum Gasteiger partial charge on any atom is -0.303 e. The van der Waals surface area contributed by atoms with Crippen molar-refractivity contribution in [3.63, 3.8) is 0 Å². The van der Waals surface area contributed by atoms with Gasteiger partial charge in [-0.15, -0.1) is 0 Å². The third-order valence-corrected chi connectivity index (χ3v) is 3.31. The van der Waals surface area contributed by atoms with Crippen LogP contribution in [0.1, 0.15) is 27.7 Å².